The fourth-order valence-electron chi connectivity index (χ4n) is 1.05. The summed E-state index contributed by atoms with van der Waals surface area (Å²) in [7, 11) is 0. The standard InChI is InChI=1S/C12H13Br/c1-3-4-5-10(2)11-6-8-12(13)9-7-11/h3-9H,1-2H3/b4-3-,10-5+. The Morgan fingerprint density at radius 3 is 2.38 bits per heavy atom. The minimum atomic E-state index is 1.12. The molecule has 0 nitrogen and oxygen atoms in total. The van der Waals surface area contributed by atoms with E-state index in [0.717, 1.165) is 4.47 Å². The summed E-state index contributed by atoms with van der Waals surface area (Å²) in [6.07, 6.45) is 6.20. The lowest BCUT2D eigenvalue weighted by molar-refractivity contribution is 1.54. The van der Waals surface area contributed by atoms with E-state index in [1.807, 2.05) is 13.0 Å². The van der Waals surface area contributed by atoms with Crippen molar-refractivity contribution in [3.05, 3.63) is 52.5 Å². The monoisotopic (exact) mass is 236 g/mol. The van der Waals surface area contributed by atoms with Crippen LogP contribution in [0, 0.1) is 0 Å². The molecule has 0 atom stereocenters. The van der Waals surface area contributed by atoms with Crippen molar-refractivity contribution in [2.75, 3.05) is 0 Å². The van der Waals surface area contributed by atoms with Crippen LogP contribution in [0.25, 0.3) is 5.57 Å². The average molecular weight is 237 g/mol. The third-order valence-electron chi connectivity index (χ3n) is 1.84. The Balaban J connectivity index is 2.89. The van der Waals surface area contributed by atoms with Gasteiger partial charge in [0.1, 0.15) is 0 Å². The number of hydrogen-bond donors (Lipinski definition) is 0. The fraction of sp³-hybridized carbons (Fsp3) is 0.167. The molecule has 0 heterocycles. The van der Waals surface area contributed by atoms with Crippen LogP contribution in [-0.2, 0) is 0 Å². The van der Waals surface area contributed by atoms with Crippen molar-refractivity contribution < 1.29 is 0 Å². The van der Waals surface area contributed by atoms with Crippen LogP contribution in [0.5, 0.6) is 0 Å². The van der Waals surface area contributed by atoms with Gasteiger partial charge in [0.2, 0.25) is 0 Å². The fourth-order valence-corrected chi connectivity index (χ4v) is 1.31. The smallest absolute Gasteiger partial charge is 0.0175 e. The number of benzene rings is 1. The summed E-state index contributed by atoms with van der Waals surface area (Å²) >= 11 is 3.41. The van der Waals surface area contributed by atoms with Gasteiger partial charge in [-0.15, -0.1) is 0 Å². The maximum Gasteiger partial charge on any atom is 0.0175 e. The highest BCUT2D eigenvalue weighted by molar-refractivity contribution is 9.10. The Morgan fingerprint density at radius 2 is 1.85 bits per heavy atom. The molecule has 1 rings (SSSR count). The van der Waals surface area contributed by atoms with Crippen LogP contribution in [-0.4, -0.2) is 0 Å². The second-order valence-corrected chi connectivity index (χ2v) is 3.80. The Morgan fingerprint density at radius 1 is 1.23 bits per heavy atom. The molecule has 13 heavy (non-hydrogen) atoms. The lowest BCUT2D eigenvalue weighted by Gasteiger charge is -1.99. The summed E-state index contributed by atoms with van der Waals surface area (Å²) < 4.78 is 1.12. The van der Waals surface area contributed by atoms with Crippen LogP contribution < -0.4 is 0 Å². The molecule has 0 spiro atoms. The molecule has 0 fully saturated rings. The highest BCUT2D eigenvalue weighted by atomic mass is 79.9. The van der Waals surface area contributed by atoms with E-state index in [4.69, 9.17) is 0 Å². The molecule has 0 aliphatic carbocycles. The molecule has 1 heteroatoms. The van der Waals surface area contributed by atoms with Gasteiger partial charge >= 0.3 is 0 Å². The van der Waals surface area contributed by atoms with Crippen LogP contribution in [0.3, 0.4) is 0 Å². The maximum atomic E-state index is 3.41. The van der Waals surface area contributed by atoms with Crippen LogP contribution >= 0.6 is 15.9 Å². The summed E-state index contributed by atoms with van der Waals surface area (Å²) in [5.41, 5.74) is 2.55. The van der Waals surface area contributed by atoms with Crippen molar-refractivity contribution in [2.24, 2.45) is 0 Å². The SMILES string of the molecule is C/C=C\C=C(/C)c1ccc(Br)cc1. The molecular weight excluding hydrogens is 224 g/mol. The first kappa shape index (κ1) is 10.3. The van der Waals surface area contributed by atoms with Crippen LogP contribution in [0.4, 0.5) is 0 Å². The van der Waals surface area contributed by atoms with Gasteiger partial charge in [-0.25, -0.2) is 0 Å². The maximum absolute atomic E-state index is 3.41. The van der Waals surface area contributed by atoms with E-state index in [9.17, 15) is 0 Å². The van der Waals surface area contributed by atoms with Crippen molar-refractivity contribution >= 4 is 21.5 Å². The number of halogens is 1. The van der Waals surface area contributed by atoms with Gasteiger partial charge in [0.25, 0.3) is 0 Å². The van der Waals surface area contributed by atoms with Crippen molar-refractivity contribution in [2.45, 2.75) is 13.8 Å². The molecule has 0 radical (unpaired) electrons. The van der Waals surface area contributed by atoms with Crippen molar-refractivity contribution in [1.82, 2.24) is 0 Å². The third-order valence-corrected chi connectivity index (χ3v) is 2.37. The molecule has 0 unspecified atom stereocenters. The zero-order valence-corrected chi connectivity index (χ0v) is 9.51. The molecule has 0 aliphatic rings. The van der Waals surface area contributed by atoms with Gasteiger partial charge in [0.15, 0.2) is 0 Å². The van der Waals surface area contributed by atoms with Gasteiger partial charge in [-0.3, -0.25) is 0 Å². The Labute approximate surface area is 88.1 Å². The van der Waals surface area contributed by atoms with E-state index in [1.165, 1.54) is 11.1 Å². The molecule has 0 saturated heterocycles. The zero-order valence-electron chi connectivity index (χ0n) is 7.92. The van der Waals surface area contributed by atoms with E-state index in [1.54, 1.807) is 0 Å². The summed E-state index contributed by atoms with van der Waals surface area (Å²) in [6, 6.07) is 8.34. The molecule has 0 bridgehead atoms. The van der Waals surface area contributed by atoms with Gasteiger partial charge in [-0.05, 0) is 37.1 Å². The topological polar surface area (TPSA) is 0 Å². The molecule has 0 aliphatic heterocycles. The van der Waals surface area contributed by atoms with Crippen molar-refractivity contribution in [1.29, 1.82) is 0 Å². The van der Waals surface area contributed by atoms with E-state index in [-0.39, 0.29) is 0 Å². The highest BCUT2D eigenvalue weighted by Crippen LogP contribution is 2.17. The summed E-state index contributed by atoms with van der Waals surface area (Å²) in [5, 5.41) is 0. The van der Waals surface area contributed by atoms with Crippen LogP contribution in [0.1, 0.15) is 19.4 Å². The minimum Gasteiger partial charge on any atom is -0.0877 e. The second kappa shape index (κ2) is 5.03. The Kier molecular flexibility index (Phi) is 3.97. The third kappa shape index (κ3) is 3.19. The average Bonchev–Trinajstić information content (AvgIpc) is 2.15. The Hall–Kier alpha value is -0.820. The molecule has 1 aromatic rings. The minimum absolute atomic E-state index is 1.12. The predicted octanol–water partition coefficient (Wildman–Crippen LogP) is 4.43. The molecule has 68 valence electrons. The van der Waals surface area contributed by atoms with Gasteiger partial charge < -0.3 is 0 Å². The molecule has 0 aromatic heterocycles. The number of hydrogen-bond acceptors (Lipinski definition) is 0. The second-order valence-electron chi connectivity index (χ2n) is 2.88. The van der Waals surface area contributed by atoms with Crippen LogP contribution in [0.2, 0.25) is 0 Å². The van der Waals surface area contributed by atoms with Gasteiger partial charge in [0, 0.05) is 4.47 Å². The normalized spacial score (nSPS) is 12.4. The van der Waals surface area contributed by atoms with E-state index < -0.39 is 0 Å². The van der Waals surface area contributed by atoms with E-state index in [0.29, 0.717) is 0 Å². The largest absolute Gasteiger partial charge is 0.0877 e. The number of allylic oxidation sites excluding steroid dienone is 4. The summed E-state index contributed by atoms with van der Waals surface area (Å²) in [4.78, 5) is 0. The Bertz CT molecular complexity index is 317. The molecular formula is C12H13Br. The first-order valence-corrected chi connectivity index (χ1v) is 5.09. The first-order chi connectivity index (χ1) is 6.24. The lowest BCUT2D eigenvalue weighted by Crippen LogP contribution is -1.77. The van der Waals surface area contributed by atoms with Crippen molar-refractivity contribution in [3.63, 3.8) is 0 Å². The number of rotatable bonds is 2. The van der Waals surface area contributed by atoms with E-state index in [2.05, 4.69) is 59.3 Å². The summed E-state index contributed by atoms with van der Waals surface area (Å²) in [6.45, 7) is 4.13. The van der Waals surface area contributed by atoms with Crippen molar-refractivity contribution in [3.8, 4) is 0 Å². The molecule has 0 saturated carbocycles. The molecule has 0 N–H and O–H groups in total. The first-order valence-electron chi connectivity index (χ1n) is 4.29. The van der Waals surface area contributed by atoms with Gasteiger partial charge in [0.05, 0.1) is 0 Å². The molecule has 1 aromatic carbocycles. The van der Waals surface area contributed by atoms with Gasteiger partial charge in [-0.1, -0.05) is 46.3 Å². The van der Waals surface area contributed by atoms with E-state index >= 15 is 0 Å². The van der Waals surface area contributed by atoms with Crippen LogP contribution in [0.15, 0.2) is 47.0 Å². The predicted molar refractivity (Wildman–Crippen MR) is 62.6 cm³/mol. The lowest BCUT2D eigenvalue weighted by atomic mass is 10.1. The quantitative estimate of drug-likeness (QED) is 0.667. The zero-order chi connectivity index (χ0) is 9.68. The van der Waals surface area contributed by atoms with Gasteiger partial charge in [-0.2, -0.15) is 0 Å². The summed E-state index contributed by atoms with van der Waals surface area (Å²) in [5.74, 6) is 0. The molecule has 0 amide bonds. The highest BCUT2D eigenvalue weighted by Gasteiger charge is 1.92.